The van der Waals surface area contributed by atoms with Gasteiger partial charge in [-0.15, -0.1) is 0 Å². The molecule has 0 saturated carbocycles. The number of nitrogens with one attached hydrogen (secondary N) is 1. The van der Waals surface area contributed by atoms with E-state index in [1.165, 1.54) is 0 Å². The molecule has 122 valence electrons. The summed E-state index contributed by atoms with van der Waals surface area (Å²) in [6.45, 7) is 4.40. The Kier molecular flexibility index (Phi) is 5.66. The predicted octanol–water partition coefficient (Wildman–Crippen LogP) is 3.81. The van der Waals surface area contributed by atoms with Crippen molar-refractivity contribution in [1.82, 2.24) is 10.3 Å². The number of halogens is 6. The molecule has 0 saturated heterocycles. The van der Waals surface area contributed by atoms with Crippen LogP contribution in [0, 0.1) is 0 Å². The van der Waals surface area contributed by atoms with Crippen LogP contribution in [0.2, 0.25) is 0 Å². The molecular formula is C12H16F6N2O. The van der Waals surface area contributed by atoms with Gasteiger partial charge in [0.2, 0.25) is 5.92 Å². The Morgan fingerprint density at radius 1 is 1.14 bits per heavy atom. The number of nitrogens with zero attached hydrogens (tertiary/aromatic N) is 1. The van der Waals surface area contributed by atoms with E-state index in [9.17, 15) is 26.3 Å². The van der Waals surface area contributed by atoms with Crippen molar-refractivity contribution < 1.29 is 30.8 Å². The Balaban J connectivity index is 2.72. The smallest absolute Gasteiger partial charge is 0.407 e. The van der Waals surface area contributed by atoms with E-state index in [1.807, 2.05) is 13.8 Å². The molecule has 0 amide bonds. The summed E-state index contributed by atoms with van der Waals surface area (Å²) in [5.41, 5.74) is 0. The molecule has 0 aromatic carbocycles. The van der Waals surface area contributed by atoms with Crippen molar-refractivity contribution in [2.24, 2.45) is 0 Å². The topological polar surface area (TPSA) is 38.1 Å². The van der Waals surface area contributed by atoms with Gasteiger partial charge < -0.3 is 9.73 Å². The quantitative estimate of drug-likeness (QED) is 0.640. The van der Waals surface area contributed by atoms with Gasteiger partial charge in [0.1, 0.15) is 5.76 Å². The normalized spacial score (nSPS) is 13.4. The van der Waals surface area contributed by atoms with Crippen LogP contribution in [0.25, 0.3) is 0 Å². The van der Waals surface area contributed by atoms with Gasteiger partial charge in [-0.2, -0.15) is 26.3 Å². The average molecular weight is 318 g/mol. The Bertz CT molecular complexity index is 424. The van der Waals surface area contributed by atoms with Crippen LogP contribution in [0.3, 0.4) is 0 Å². The van der Waals surface area contributed by atoms with Gasteiger partial charge in [0.05, 0.1) is 6.20 Å². The van der Waals surface area contributed by atoms with E-state index >= 15 is 0 Å². The molecule has 0 aliphatic carbocycles. The second kappa shape index (κ2) is 6.67. The zero-order valence-electron chi connectivity index (χ0n) is 11.5. The third-order valence-corrected chi connectivity index (χ3v) is 2.63. The highest BCUT2D eigenvalue weighted by molar-refractivity contribution is 5.08. The number of aromatic nitrogens is 1. The molecule has 3 nitrogen and oxygen atoms in total. The lowest BCUT2D eigenvalue weighted by atomic mass is 10.1. The van der Waals surface area contributed by atoms with Crippen LogP contribution >= 0.6 is 0 Å². The lowest BCUT2D eigenvalue weighted by Gasteiger charge is -2.20. The average Bonchev–Trinajstić information content (AvgIpc) is 2.68. The van der Waals surface area contributed by atoms with Gasteiger partial charge in [-0.25, -0.2) is 4.98 Å². The summed E-state index contributed by atoms with van der Waals surface area (Å²) in [5.74, 6) is -4.99. The van der Waals surface area contributed by atoms with Gasteiger partial charge in [0.15, 0.2) is 5.89 Å². The highest BCUT2D eigenvalue weighted by Gasteiger charge is 2.59. The van der Waals surface area contributed by atoms with E-state index in [-0.39, 0.29) is 18.4 Å². The van der Waals surface area contributed by atoms with Crippen LogP contribution in [-0.4, -0.2) is 29.9 Å². The Morgan fingerprint density at radius 3 is 2.19 bits per heavy atom. The number of alkyl halides is 6. The van der Waals surface area contributed by atoms with Gasteiger partial charge >= 0.3 is 12.4 Å². The van der Waals surface area contributed by atoms with Gasteiger partial charge in [-0.1, -0.05) is 13.8 Å². The van der Waals surface area contributed by atoms with E-state index in [4.69, 9.17) is 0 Å². The lowest BCUT2D eigenvalue weighted by Crippen LogP contribution is -2.33. The van der Waals surface area contributed by atoms with Gasteiger partial charge in [0.25, 0.3) is 0 Å². The van der Waals surface area contributed by atoms with Gasteiger partial charge in [-0.3, -0.25) is 0 Å². The van der Waals surface area contributed by atoms with Crippen molar-refractivity contribution in [2.45, 2.75) is 51.0 Å². The number of hydrogen-bond acceptors (Lipinski definition) is 3. The second-order valence-electron chi connectivity index (χ2n) is 4.88. The maximum absolute atomic E-state index is 12.5. The summed E-state index contributed by atoms with van der Waals surface area (Å²) in [6.07, 6.45) is -9.76. The lowest BCUT2D eigenvalue weighted by molar-refractivity contribution is -0.257. The molecule has 1 heterocycles. The van der Waals surface area contributed by atoms with E-state index in [2.05, 4.69) is 14.7 Å². The third-order valence-electron chi connectivity index (χ3n) is 2.63. The van der Waals surface area contributed by atoms with Crippen molar-refractivity contribution in [3.63, 3.8) is 0 Å². The molecule has 9 heteroatoms. The fraction of sp³-hybridized carbons (Fsp3) is 0.750. The summed E-state index contributed by atoms with van der Waals surface area (Å²) in [7, 11) is 0. The van der Waals surface area contributed by atoms with E-state index in [0.29, 0.717) is 19.2 Å². The highest BCUT2D eigenvalue weighted by atomic mass is 19.4. The second-order valence-corrected chi connectivity index (χ2v) is 4.88. The van der Waals surface area contributed by atoms with Crippen molar-refractivity contribution in [2.75, 3.05) is 6.54 Å². The molecule has 1 aromatic rings. The van der Waals surface area contributed by atoms with E-state index in [1.54, 1.807) is 0 Å². The van der Waals surface area contributed by atoms with Crippen LogP contribution < -0.4 is 5.32 Å². The highest BCUT2D eigenvalue weighted by Crippen LogP contribution is 2.46. The van der Waals surface area contributed by atoms with Gasteiger partial charge in [0, 0.05) is 12.5 Å². The maximum Gasteiger partial charge on any atom is 0.407 e. The number of hydrogen-bond donors (Lipinski definition) is 1. The zero-order valence-corrected chi connectivity index (χ0v) is 11.5. The first-order valence-corrected chi connectivity index (χ1v) is 6.33. The van der Waals surface area contributed by atoms with Crippen LogP contribution in [0.4, 0.5) is 26.3 Å². The molecule has 21 heavy (non-hydrogen) atoms. The number of aryl methyl sites for hydroxylation is 1. The fourth-order valence-electron chi connectivity index (χ4n) is 1.71. The van der Waals surface area contributed by atoms with E-state index in [0.717, 1.165) is 0 Å². The molecule has 1 rings (SSSR count). The van der Waals surface area contributed by atoms with E-state index < -0.39 is 24.0 Å². The van der Waals surface area contributed by atoms with Gasteiger partial charge in [-0.05, 0) is 13.0 Å². The molecule has 1 N–H and O–H groups in total. The predicted molar refractivity (Wildman–Crippen MR) is 62.8 cm³/mol. The molecule has 0 bridgehead atoms. The summed E-state index contributed by atoms with van der Waals surface area (Å²) in [4.78, 5) is 3.49. The summed E-state index contributed by atoms with van der Waals surface area (Å²) >= 11 is 0. The molecule has 1 aromatic heterocycles. The zero-order chi connectivity index (χ0) is 16.3. The monoisotopic (exact) mass is 318 g/mol. The molecule has 0 unspecified atom stereocenters. The fourth-order valence-corrected chi connectivity index (χ4v) is 1.71. The first-order valence-electron chi connectivity index (χ1n) is 6.33. The van der Waals surface area contributed by atoms with Crippen LogP contribution in [0.5, 0.6) is 0 Å². The number of rotatable bonds is 6. The molecule has 0 aliphatic heterocycles. The molecular weight excluding hydrogens is 302 g/mol. The van der Waals surface area contributed by atoms with Crippen LogP contribution in [-0.2, 0) is 6.42 Å². The molecule has 0 radical (unpaired) electrons. The Hall–Kier alpha value is -1.25. The maximum atomic E-state index is 12.5. The van der Waals surface area contributed by atoms with Crippen molar-refractivity contribution in [1.29, 1.82) is 0 Å². The SMILES string of the molecule is CC(C)NCCCc1ncc(C(C(F)(F)F)C(F)(F)F)o1. The molecule has 0 aliphatic rings. The summed E-state index contributed by atoms with van der Waals surface area (Å²) in [5, 5.41) is 3.06. The first-order chi connectivity index (χ1) is 9.51. The van der Waals surface area contributed by atoms with Crippen LogP contribution in [0.1, 0.15) is 37.8 Å². The molecule has 0 spiro atoms. The minimum absolute atomic E-state index is 0.131. The van der Waals surface area contributed by atoms with Crippen LogP contribution in [0.15, 0.2) is 10.6 Å². The van der Waals surface area contributed by atoms with Crippen molar-refractivity contribution in [3.8, 4) is 0 Å². The van der Waals surface area contributed by atoms with Crippen molar-refractivity contribution in [3.05, 3.63) is 17.8 Å². The minimum atomic E-state index is -5.46. The van der Waals surface area contributed by atoms with Crippen molar-refractivity contribution >= 4 is 0 Å². The standard InChI is InChI=1S/C12H16F6N2O/c1-7(2)19-5-3-4-9-20-6-8(21-9)10(11(13,14)15)12(16,17)18/h6-7,10,19H,3-5H2,1-2H3. The Labute approximate surface area is 117 Å². The summed E-state index contributed by atoms with van der Waals surface area (Å²) < 4.78 is 79.6. The first kappa shape index (κ1) is 17.8. The third kappa shape index (κ3) is 5.56. The minimum Gasteiger partial charge on any atom is -0.445 e. The Morgan fingerprint density at radius 2 is 1.71 bits per heavy atom. The molecule has 0 fully saturated rings. The molecule has 0 atom stereocenters. The number of oxazole rings is 1. The summed E-state index contributed by atoms with van der Waals surface area (Å²) in [6, 6.07) is 0.241. The largest absolute Gasteiger partial charge is 0.445 e.